The number of nitrogens with one attached hydrogen (secondary N) is 1. The maximum Gasteiger partial charge on any atom is 0.0808 e. The molecule has 1 fully saturated rings. The Morgan fingerprint density at radius 1 is 1.80 bits per heavy atom. The van der Waals surface area contributed by atoms with E-state index in [0.717, 1.165) is 31.6 Å². The Balaban J connectivity index is 1.97. The molecule has 84 valence electrons. The molecule has 2 heterocycles. The Labute approximate surface area is 89.6 Å². The molecule has 5 nitrogen and oxygen atoms in total. The average Bonchev–Trinajstić information content (AvgIpc) is 2.85. The number of nitrogens with two attached hydrogens (primary N) is 1. The quantitative estimate of drug-likeness (QED) is 0.561. The van der Waals surface area contributed by atoms with Crippen molar-refractivity contribution in [2.75, 3.05) is 6.61 Å². The van der Waals surface area contributed by atoms with Crippen molar-refractivity contribution in [2.45, 2.75) is 31.4 Å². The van der Waals surface area contributed by atoms with Crippen LogP contribution in [0.2, 0.25) is 0 Å². The molecule has 5 heteroatoms. The van der Waals surface area contributed by atoms with Crippen LogP contribution in [0.4, 0.5) is 0 Å². The third-order valence-corrected chi connectivity index (χ3v) is 2.82. The summed E-state index contributed by atoms with van der Waals surface area (Å²) in [5.41, 5.74) is 3.78. The molecule has 2 unspecified atom stereocenters. The number of rotatable bonds is 4. The van der Waals surface area contributed by atoms with Crippen molar-refractivity contribution in [1.82, 2.24) is 15.2 Å². The number of hydrogen-bond acceptors (Lipinski definition) is 4. The second-order valence-electron chi connectivity index (χ2n) is 4.00. The van der Waals surface area contributed by atoms with Gasteiger partial charge in [-0.15, -0.1) is 0 Å². The zero-order valence-electron chi connectivity index (χ0n) is 9.02. The summed E-state index contributed by atoms with van der Waals surface area (Å²) >= 11 is 0. The number of aromatic nitrogens is 2. The summed E-state index contributed by atoms with van der Waals surface area (Å²) in [6.45, 7) is 0.879. The van der Waals surface area contributed by atoms with Crippen molar-refractivity contribution >= 4 is 0 Å². The molecule has 0 aliphatic carbocycles. The highest BCUT2D eigenvalue weighted by atomic mass is 16.5. The Morgan fingerprint density at radius 3 is 3.20 bits per heavy atom. The van der Waals surface area contributed by atoms with Gasteiger partial charge in [-0.05, 0) is 25.3 Å². The molecule has 3 N–H and O–H groups in total. The van der Waals surface area contributed by atoms with Crippen molar-refractivity contribution in [3.63, 3.8) is 0 Å². The van der Waals surface area contributed by atoms with Crippen LogP contribution in [0, 0.1) is 0 Å². The van der Waals surface area contributed by atoms with Crippen LogP contribution in [0.1, 0.15) is 31.0 Å². The first-order valence-electron chi connectivity index (χ1n) is 5.37. The molecule has 0 aromatic carbocycles. The fourth-order valence-corrected chi connectivity index (χ4v) is 1.99. The number of hydrazine groups is 1. The third-order valence-electron chi connectivity index (χ3n) is 2.82. The second-order valence-corrected chi connectivity index (χ2v) is 4.00. The fourth-order valence-electron chi connectivity index (χ4n) is 1.99. The third kappa shape index (κ3) is 2.56. The van der Waals surface area contributed by atoms with Crippen LogP contribution in [-0.2, 0) is 11.8 Å². The predicted molar refractivity (Wildman–Crippen MR) is 56.9 cm³/mol. The zero-order valence-corrected chi connectivity index (χ0v) is 9.02. The SMILES string of the molecule is Cn1ccc(C(CC2CCCO2)NN)n1. The molecular formula is C10H18N4O. The van der Waals surface area contributed by atoms with Crippen LogP contribution in [0.25, 0.3) is 0 Å². The topological polar surface area (TPSA) is 65.1 Å². The molecular weight excluding hydrogens is 192 g/mol. The van der Waals surface area contributed by atoms with Gasteiger partial charge in [0, 0.05) is 19.9 Å². The summed E-state index contributed by atoms with van der Waals surface area (Å²) in [4.78, 5) is 0. The maximum absolute atomic E-state index is 5.58. The molecule has 0 amide bonds. The van der Waals surface area contributed by atoms with Gasteiger partial charge in [0.05, 0.1) is 17.8 Å². The summed E-state index contributed by atoms with van der Waals surface area (Å²) in [7, 11) is 1.91. The second kappa shape index (κ2) is 4.74. The molecule has 0 saturated carbocycles. The molecule has 0 spiro atoms. The minimum Gasteiger partial charge on any atom is -0.378 e. The number of aryl methyl sites for hydroxylation is 1. The van der Waals surface area contributed by atoms with E-state index in [-0.39, 0.29) is 6.04 Å². The first-order valence-corrected chi connectivity index (χ1v) is 5.37. The van der Waals surface area contributed by atoms with E-state index in [9.17, 15) is 0 Å². The highest BCUT2D eigenvalue weighted by Gasteiger charge is 2.22. The van der Waals surface area contributed by atoms with Crippen LogP contribution in [0.3, 0.4) is 0 Å². The largest absolute Gasteiger partial charge is 0.378 e. The van der Waals surface area contributed by atoms with Gasteiger partial charge in [-0.2, -0.15) is 5.10 Å². The lowest BCUT2D eigenvalue weighted by atomic mass is 10.1. The Bertz CT molecular complexity index is 306. The van der Waals surface area contributed by atoms with E-state index in [4.69, 9.17) is 10.6 Å². The van der Waals surface area contributed by atoms with E-state index >= 15 is 0 Å². The molecule has 1 aromatic rings. The number of nitrogens with zero attached hydrogens (tertiary/aromatic N) is 2. The standard InChI is InChI=1S/C10H18N4O/c1-14-5-4-9(13-14)10(12-11)7-8-3-2-6-15-8/h4-5,8,10,12H,2-3,6-7,11H2,1H3. The van der Waals surface area contributed by atoms with Gasteiger partial charge in [0.15, 0.2) is 0 Å². The van der Waals surface area contributed by atoms with E-state index in [1.807, 2.05) is 19.3 Å². The molecule has 1 aliphatic rings. The van der Waals surface area contributed by atoms with Crippen molar-refractivity contribution in [3.05, 3.63) is 18.0 Å². The molecule has 1 aliphatic heterocycles. The summed E-state index contributed by atoms with van der Waals surface area (Å²) < 4.78 is 7.37. The molecule has 15 heavy (non-hydrogen) atoms. The summed E-state index contributed by atoms with van der Waals surface area (Å²) in [5, 5.41) is 4.34. The lowest BCUT2D eigenvalue weighted by molar-refractivity contribution is 0.0941. The number of ether oxygens (including phenoxy) is 1. The van der Waals surface area contributed by atoms with Crippen LogP contribution >= 0.6 is 0 Å². The molecule has 0 radical (unpaired) electrons. The minimum atomic E-state index is 0.0919. The minimum absolute atomic E-state index is 0.0919. The summed E-state index contributed by atoms with van der Waals surface area (Å²) in [5.74, 6) is 5.54. The molecule has 2 atom stereocenters. The Kier molecular flexibility index (Phi) is 3.35. The van der Waals surface area contributed by atoms with Crippen LogP contribution in [0.15, 0.2) is 12.3 Å². The first kappa shape index (κ1) is 10.6. The van der Waals surface area contributed by atoms with Gasteiger partial charge in [0.25, 0.3) is 0 Å². The Morgan fingerprint density at radius 2 is 2.67 bits per heavy atom. The fraction of sp³-hybridized carbons (Fsp3) is 0.700. The Hall–Kier alpha value is -0.910. The molecule has 1 aromatic heterocycles. The average molecular weight is 210 g/mol. The zero-order chi connectivity index (χ0) is 10.7. The maximum atomic E-state index is 5.58. The summed E-state index contributed by atoms with van der Waals surface area (Å²) in [6.07, 6.45) is 5.44. The van der Waals surface area contributed by atoms with Gasteiger partial charge in [0.1, 0.15) is 0 Å². The molecule has 0 bridgehead atoms. The highest BCUT2D eigenvalue weighted by molar-refractivity contribution is 5.05. The monoisotopic (exact) mass is 210 g/mol. The van der Waals surface area contributed by atoms with E-state index in [1.54, 1.807) is 4.68 Å². The van der Waals surface area contributed by atoms with E-state index in [1.165, 1.54) is 0 Å². The van der Waals surface area contributed by atoms with Gasteiger partial charge in [-0.25, -0.2) is 0 Å². The highest BCUT2D eigenvalue weighted by Crippen LogP contribution is 2.23. The van der Waals surface area contributed by atoms with E-state index in [0.29, 0.717) is 6.10 Å². The van der Waals surface area contributed by atoms with Crippen molar-refractivity contribution in [3.8, 4) is 0 Å². The lowest BCUT2D eigenvalue weighted by Gasteiger charge is -2.17. The smallest absolute Gasteiger partial charge is 0.0808 e. The van der Waals surface area contributed by atoms with Gasteiger partial charge >= 0.3 is 0 Å². The predicted octanol–water partition coefficient (Wildman–Crippen LogP) is 0.494. The van der Waals surface area contributed by atoms with Crippen LogP contribution in [-0.4, -0.2) is 22.5 Å². The van der Waals surface area contributed by atoms with E-state index in [2.05, 4.69) is 10.5 Å². The summed E-state index contributed by atoms with van der Waals surface area (Å²) in [6, 6.07) is 2.08. The van der Waals surface area contributed by atoms with Crippen LogP contribution in [0.5, 0.6) is 0 Å². The van der Waals surface area contributed by atoms with E-state index < -0.39 is 0 Å². The van der Waals surface area contributed by atoms with Crippen molar-refractivity contribution < 1.29 is 4.74 Å². The molecule has 2 rings (SSSR count). The van der Waals surface area contributed by atoms with Gasteiger partial charge < -0.3 is 4.74 Å². The molecule has 1 saturated heterocycles. The van der Waals surface area contributed by atoms with Gasteiger partial charge in [-0.3, -0.25) is 16.0 Å². The number of hydrogen-bond donors (Lipinski definition) is 2. The van der Waals surface area contributed by atoms with Crippen molar-refractivity contribution in [1.29, 1.82) is 0 Å². The first-order chi connectivity index (χ1) is 7.29. The van der Waals surface area contributed by atoms with Crippen LogP contribution < -0.4 is 11.3 Å². The van der Waals surface area contributed by atoms with Crippen molar-refractivity contribution in [2.24, 2.45) is 12.9 Å². The van der Waals surface area contributed by atoms with Gasteiger partial charge in [0.2, 0.25) is 0 Å². The van der Waals surface area contributed by atoms with Gasteiger partial charge in [-0.1, -0.05) is 0 Å². The normalized spacial score (nSPS) is 23.2. The lowest BCUT2D eigenvalue weighted by Crippen LogP contribution is -2.31.